The summed E-state index contributed by atoms with van der Waals surface area (Å²) in [5.74, 6) is 1.68. The summed E-state index contributed by atoms with van der Waals surface area (Å²) >= 11 is 0. The molecule has 1 heteroatoms. The molecular formula is C12H27N. The molecule has 0 unspecified atom stereocenters. The van der Waals surface area contributed by atoms with Gasteiger partial charge in [0.15, 0.2) is 0 Å². The van der Waals surface area contributed by atoms with Crippen molar-refractivity contribution in [2.24, 2.45) is 11.8 Å². The fraction of sp³-hybridized carbons (Fsp3) is 1.00. The molecule has 0 heterocycles. The van der Waals surface area contributed by atoms with Crippen LogP contribution in [-0.2, 0) is 0 Å². The van der Waals surface area contributed by atoms with Crippen LogP contribution in [-0.4, -0.2) is 13.1 Å². The van der Waals surface area contributed by atoms with E-state index < -0.39 is 0 Å². The highest BCUT2D eigenvalue weighted by molar-refractivity contribution is 4.66. The molecule has 0 spiro atoms. The minimum atomic E-state index is 0.741. The van der Waals surface area contributed by atoms with E-state index in [1.54, 1.807) is 0 Å². The summed E-state index contributed by atoms with van der Waals surface area (Å²) in [6, 6.07) is 0.741. The Balaban J connectivity index is 3.51. The lowest BCUT2D eigenvalue weighted by molar-refractivity contribution is 0.400. The van der Waals surface area contributed by atoms with Crippen LogP contribution in [0.15, 0.2) is 0 Å². The normalized spacial score (nSPS) is 12.0. The summed E-state index contributed by atoms with van der Waals surface area (Å²) < 4.78 is 0. The van der Waals surface area contributed by atoms with E-state index >= 15 is 0 Å². The van der Waals surface area contributed by atoms with Crippen LogP contribution in [0.1, 0.15) is 53.4 Å². The molecule has 1 N–H and O–H groups in total. The lowest BCUT2D eigenvalue weighted by atomic mass is 9.97. The van der Waals surface area contributed by atoms with Crippen LogP contribution in [0.4, 0.5) is 0 Å². The van der Waals surface area contributed by atoms with E-state index in [1.807, 2.05) is 0 Å². The monoisotopic (exact) mass is 185 g/mol. The molecule has 0 atom stereocenters. The zero-order valence-electron chi connectivity index (χ0n) is 10.1. The van der Waals surface area contributed by atoms with Gasteiger partial charge < -0.3 is 5.32 Å². The van der Waals surface area contributed by atoms with Gasteiger partial charge in [-0.05, 0) is 44.6 Å². The van der Waals surface area contributed by atoms with Gasteiger partial charge >= 0.3 is 0 Å². The largest absolute Gasteiger partial charge is 0.317 e. The van der Waals surface area contributed by atoms with Crippen molar-refractivity contribution in [3.8, 4) is 0 Å². The molecule has 0 amide bonds. The molecule has 0 aliphatic rings. The first kappa shape index (κ1) is 13.0. The first-order valence-corrected chi connectivity index (χ1v) is 5.73. The molecule has 0 aromatic carbocycles. The van der Waals surface area contributed by atoms with Gasteiger partial charge in [0, 0.05) is 6.04 Å². The van der Waals surface area contributed by atoms with Gasteiger partial charge in [0.05, 0.1) is 0 Å². The Labute approximate surface area is 84.3 Å². The smallest absolute Gasteiger partial charge is 0.00642 e. The summed E-state index contributed by atoms with van der Waals surface area (Å²) in [5, 5.41) is 3.41. The molecule has 80 valence electrons. The molecule has 0 bridgehead atoms. The van der Waals surface area contributed by atoms with Crippen molar-refractivity contribution in [1.82, 2.24) is 5.32 Å². The number of nitrogens with one attached hydrogen (secondary N) is 1. The summed E-state index contributed by atoms with van der Waals surface area (Å²) in [4.78, 5) is 0. The van der Waals surface area contributed by atoms with Crippen LogP contribution in [0.3, 0.4) is 0 Å². The fourth-order valence-corrected chi connectivity index (χ4v) is 1.50. The number of hydrogen-bond donors (Lipinski definition) is 1. The van der Waals surface area contributed by atoms with E-state index in [2.05, 4.69) is 40.1 Å². The Morgan fingerprint density at radius 1 is 0.769 bits per heavy atom. The summed E-state index contributed by atoms with van der Waals surface area (Å²) in [6.45, 7) is 9.20. The first-order chi connectivity index (χ1) is 6.06. The second kappa shape index (κ2) is 7.37. The molecule has 0 radical (unpaired) electrons. The van der Waals surface area contributed by atoms with Gasteiger partial charge in [-0.25, -0.2) is 0 Å². The lowest BCUT2D eigenvalue weighted by Crippen LogP contribution is -2.25. The minimum Gasteiger partial charge on any atom is -0.317 e. The zero-order chi connectivity index (χ0) is 10.3. The van der Waals surface area contributed by atoms with E-state index in [1.165, 1.54) is 25.7 Å². The Hall–Kier alpha value is -0.0400. The van der Waals surface area contributed by atoms with Crippen molar-refractivity contribution in [1.29, 1.82) is 0 Å². The molecule has 0 fully saturated rings. The van der Waals surface area contributed by atoms with Crippen LogP contribution in [0, 0.1) is 11.8 Å². The van der Waals surface area contributed by atoms with Gasteiger partial charge in [-0.3, -0.25) is 0 Å². The van der Waals surface area contributed by atoms with Crippen LogP contribution in [0.5, 0.6) is 0 Å². The van der Waals surface area contributed by atoms with Crippen molar-refractivity contribution >= 4 is 0 Å². The standard InChI is InChI=1S/C12H27N/c1-10(2)6-8-12(13-5)9-7-11(3)4/h10-13H,6-9H2,1-5H3. The second-order valence-corrected chi connectivity index (χ2v) is 4.93. The molecule has 0 aromatic rings. The zero-order valence-corrected chi connectivity index (χ0v) is 10.1. The fourth-order valence-electron chi connectivity index (χ4n) is 1.50. The number of hydrogen-bond acceptors (Lipinski definition) is 1. The Kier molecular flexibility index (Phi) is 7.35. The summed E-state index contributed by atoms with van der Waals surface area (Å²) in [5.41, 5.74) is 0. The van der Waals surface area contributed by atoms with Gasteiger partial charge in [-0.1, -0.05) is 27.7 Å². The highest BCUT2D eigenvalue weighted by atomic mass is 14.9. The Morgan fingerprint density at radius 3 is 1.38 bits per heavy atom. The third kappa shape index (κ3) is 8.29. The predicted octanol–water partition coefficient (Wildman–Crippen LogP) is 3.45. The predicted molar refractivity (Wildman–Crippen MR) is 61.0 cm³/mol. The highest BCUT2D eigenvalue weighted by Crippen LogP contribution is 2.13. The molecule has 13 heavy (non-hydrogen) atoms. The van der Waals surface area contributed by atoms with Crippen molar-refractivity contribution in [2.75, 3.05) is 7.05 Å². The Bertz CT molecular complexity index is 95.7. The van der Waals surface area contributed by atoms with E-state index in [4.69, 9.17) is 0 Å². The van der Waals surface area contributed by atoms with Gasteiger partial charge in [-0.2, -0.15) is 0 Å². The lowest BCUT2D eigenvalue weighted by Gasteiger charge is -2.18. The third-order valence-corrected chi connectivity index (χ3v) is 2.59. The van der Waals surface area contributed by atoms with E-state index in [-0.39, 0.29) is 0 Å². The second-order valence-electron chi connectivity index (χ2n) is 4.93. The maximum absolute atomic E-state index is 3.41. The van der Waals surface area contributed by atoms with Gasteiger partial charge in [0.25, 0.3) is 0 Å². The maximum atomic E-state index is 3.41. The SMILES string of the molecule is CNC(CCC(C)C)CCC(C)C. The van der Waals surface area contributed by atoms with E-state index in [0.29, 0.717) is 0 Å². The van der Waals surface area contributed by atoms with Gasteiger partial charge in [0.1, 0.15) is 0 Å². The average Bonchev–Trinajstić information content (AvgIpc) is 2.04. The summed E-state index contributed by atoms with van der Waals surface area (Å²) in [7, 11) is 2.09. The quantitative estimate of drug-likeness (QED) is 0.640. The average molecular weight is 185 g/mol. The van der Waals surface area contributed by atoms with Crippen molar-refractivity contribution in [2.45, 2.75) is 59.4 Å². The van der Waals surface area contributed by atoms with Crippen LogP contribution >= 0.6 is 0 Å². The van der Waals surface area contributed by atoms with Crippen molar-refractivity contribution in [3.63, 3.8) is 0 Å². The van der Waals surface area contributed by atoms with Crippen LogP contribution < -0.4 is 5.32 Å². The summed E-state index contributed by atoms with van der Waals surface area (Å²) in [6.07, 6.45) is 5.37. The maximum Gasteiger partial charge on any atom is 0.00642 e. The molecule has 0 saturated heterocycles. The van der Waals surface area contributed by atoms with Crippen LogP contribution in [0.25, 0.3) is 0 Å². The van der Waals surface area contributed by atoms with Crippen molar-refractivity contribution in [3.05, 3.63) is 0 Å². The van der Waals surface area contributed by atoms with Crippen LogP contribution in [0.2, 0.25) is 0 Å². The molecule has 0 rings (SSSR count). The highest BCUT2D eigenvalue weighted by Gasteiger charge is 2.07. The molecule has 0 aliphatic carbocycles. The first-order valence-electron chi connectivity index (χ1n) is 5.73. The topological polar surface area (TPSA) is 12.0 Å². The molecular weight excluding hydrogens is 158 g/mol. The molecule has 0 saturated carbocycles. The van der Waals surface area contributed by atoms with Gasteiger partial charge in [-0.15, -0.1) is 0 Å². The third-order valence-electron chi connectivity index (χ3n) is 2.59. The van der Waals surface area contributed by atoms with E-state index in [0.717, 1.165) is 17.9 Å². The molecule has 1 nitrogen and oxygen atoms in total. The van der Waals surface area contributed by atoms with Gasteiger partial charge in [0.2, 0.25) is 0 Å². The minimum absolute atomic E-state index is 0.741. The molecule has 0 aromatic heterocycles. The number of rotatable bonds is 7. The molecule has 0 aliphatic heterocycles. The Morgan fingerprint density at radius 2 is 1.15 bits per heavy atom. The van der Waals surface area contributed by atoms with Crippen molar-refractivity contribution < 1.29 is 0 Å². The van der Waals surface area contributed by atoms with E-state index in [9.17, 15) is 0 Å².